The molecule has 0 unspecified atom stereocenters. The zero-order valence-electron chi connectivity index (χ0n) is 15.3. The van der Waals surface area contributed by atoms with Gasteiger partial charge in [-0.05, 0) is 59.7 Å². The average Bonchev–Trinajstić information content (AvgIpc) is 2.74. The van der Waals surface area contributed by atoms with Crippen molar-refractivity contribution in [2.45, 2.75) is 0 Å². The topological polar surface area (TPSA) is 59.4 Å². The summed E-state index contributed by atoms with van der Waals surface area (Å²) in [5, 5.41) is 11.2. The monoisotopic (exact) mass is 423 g/mol. The van der Waals surface area contributed by atoms with E-state index < -0.39 is 5.97 Å². The highest BCUT2D eigenvalue weighted by atomic mass is 35.5. The maximum atomic E-state index is 11.9. The summed E-state index contributed by atoms with van der Waals surface area (Å²) < 4.78 is 5.19. The van der Waals surface area contributed by atoms with Gasteiger partial charge in [0.1, 0.15) is 5.75 Å². The van der Waals surface area contributed by atoms with Crippen molar-refractivity contribution in [2.24, 2.45) is 0 Å². The van der Waals surface area contributed by atoms with Crippen molar-refractivity contribution in [2.75, 3.05) is 7.11 Å². The number of halogens is 2. The molecule has 0 atom stereocenters. The van der Waals surface area contributed by atoms with E-state index in [1.54, 1.807) is 31.4 Å². The fourth-order valence-electron chi connectivity index (χ4n) is 3.17. The second-order valence-corrected chi connectivity index (χ2v) is 7.26. The van der Waals surface area contributed by atoms with Crippen LogP contribution in [0.15, 0.2) is 66.7 Å². The van der Waals surface area contributed by atoms with Crippen LogP contribution < -0.4 is 4.74 Å². The zero-order valence-corrected chi connectivity index (χ0v) is 16.8. The maximum Gasteiger partial charge on any atom is 0.336 e. The molecule has 6 heteroatoms. The highest BCUT2D eigenvalue weighted by molar-refractivity contribution is 6.42. The van der Waals surface area contributed by atoms with Gasteiger partial charge in [0.05, 0.1) is 33.9 Å². The van der Waals surface area contributed by atoms with Crippen LogP contribution >= 0.6 is 23.2 Å². The molecule has 0 radical (unpaired) electrons. The van der Waals surface area contributed by atoms with E-state index in [-0.39, 0.29) is 5.56 Å². The Kier molecular flexibility index (Phi) is 5.14. The van der Waals surface area contributed by atoms with Gasteiger partial charge in [0, 0.05) is 10.9 Å². The summed E-state index contributed by atoms with van der Waals surface area (Å²) in [6, 6.07) is 19.7. The summed E-state index contributed by atoms with van der Waals surface area (Å²) in [6.07, 6.45) is 0. The zero-order chi connectivity index (χ0) is 20.5. The molecule has 4 nitrogen and oxygen atoms in total. The van der Waals surface area contributed by atoms with Crippen LogP contribution in [0.4, 0.5) is 0 Å². The summed E-state index contributed by atoms with van der Waals surface area (Å²) in [5.41, 5.74) is 3.89. The number of carbonyl (C=O) groups is 1. The smallest absolute Gasteiger partial charge is 0.336 e. The summed E-state index contributed by atoms with van der Waals surface area (Å²) >= 11 is 12.2. The Labute approximate surface area is 177 Å². The number of hydrogen-bond acceptors (Lipinski definition) is 3. The van der Waals surface area contributed by atoms with Crippen LogP contribution in [-0.4, -0.2) is 23.2 Å². The van der Waals surface area contributed by atoms with Crippen molar-refractivity contribution >= 4 is 40.1 Å². The van der Waals surface area contributed by atoms with Gasteiger partial charge in [0.2, 0.25) is 0 Å². The van der Waals surface area contributed by atoms with Crippen molar-refractivity contribution in [3.63, 3.8) is 0 Å². The van der Waals surface area contributed by atoms with Crippen LogP contribution in [0.5, 0.6) is 5.75 Å². The predicted octanol–water partition coefficient (Wildman–Crippen LogP) is 6.58. The van der Waals surface area contributed by atoms with Crippen molar-refractivity contribution in [1.29, 1.82) is 0 Å². The van der Waals surface area contributed by atoms with E-state index in [0.717, 1.165) is 22.4 Å². The van der Waals surface area contributed by atoms with E-state index in [0.29, 0.717) is 26.6 Å². The average molecular weight is 424 g/mol. The third-order valence-corrected chi connectivity index (χ3v) is 5.42. The minimum Gasteiger partial charge on any atom is -0.497 e. The van der Waals surface area contributed by atoms with Gasteiger partial charge in [-0.25, -0.2) is 9.78 Å². The maximum absolute atomic E-state index is 11.9. The molecule has 0 aliphatic rings. The molecule has 0 aliphatic heterocycles. The lowest BCUT2D eigenvalue weighted by molar-refractivity contribution is 0.0699. The summed E-state index contributed by atoms with van der Waals surface area (Å²) in [6.45, 7) is 0. The number of rotatable bonds is 4. The normalized spacial score (nSPS) is 10.9. The lowest BCUT2D eigenvalue weighted by Crippen LogP contribution is -2.00. The van der Waals surface area contributed by atoms with Crippen LogP contribution in [-0.2, 0) is 0 Å². The second kappa shape index (κ2) is 7.74. The van der Waals surface area contributed by atoms with E-state index in [4.69, 9.17) is 32.9 Å². The molecule has 0 spiro atoms. The molecule has 0 aliphatic carbocycles. The highest BCUT2D eigenvalue weighted by Gasteiger charge is 2.14. The highest BCUT2D eigenvalue weighted by Crippen LogP contribution is 2.32. The van der Waals surface area contributed by atoms with Crippen LogP contribution in [0, 0.1) is 0 Å². The number of ether oxygens (including phenoxy) is 1. The number of fused-ring (bicyclic) bond motifs is 1. The standard InChI is InChI=1S/C23H15Cl2NO3/c1-29-16-6-2-13(3-7-16)21-12-18(23(27)28)17-8-4-15(11-22(17)26-21)14-5-9-19(24)20(25)10-14/h2-12H,1H3,(H,27,28). The molecule has 1 heterocycles. The van der Waals surface area contributed by atoms with E-state index >= 15 is 0 Å². The number of hydrogen-bond donors (Lipinski definition) is 1. The molecule has 144 valence electrons. The first-order valence-electron chi connectivity index (χ1n) is 8.74. The Bertz CT molecular complexity index is 1240. The van der Waals surface area contributed by atoms with Gasteiger partial charge in [-0.15, -0.1) is 0 Å². The summed E-state index contributed by atoms with van der Waals surface area (Å²) in [4.78, 5) is 16.6. The van der Waals surface area contributed by atoms with E-state index in [9.17, 15) is 9.90 Å². The Morgan fingerprint density at radius 1 is 0.862 bits per heavy atom. The molecule has 0 bridgehead atoms. The third kappa shape index (κ3) is 3.77. The number of nitrogens with zero attached hydrogens (tertiary/aromatic N) is 1. The van der Waals surface area contributed by atoms with Gasteiger partial charge in [0.25, 0.3) is 0 Å². The molecule has 3 aromatic carbocycles. The first-order valence-corrected chi connectivity index (χ1v) is 9.50. The van der Waals surface area contributed by atoms with Gasteiger partial charge in [-0.3, -0.25) is 0 Å². The van der Waals surface area contributed by atoms with E-state index in [1.807, 2.05) is 42.5 Å². The van der Waals surface area contributed by atoms with Gasteiger partial charge in [-0.1, -0.05) is 41.4 Å². The molecule has 1 aromatic heterocycles. The molecular formula is C23H15Cl2NO3. The second-order valence-electron chi connectivity index (χ2n) is 6.45. The minimum absolute atomic E-state index is 0.196. The minimum atomic E-state index is -1.01. The first kappa shape index (κ1) is 19.2. The number of benzene rings is 3. The Hall–Kier alpha value is -3.08. The van der Waals surface area contributed by atoms with Crippen LogP contribution in [0.1, 0.15) is 10.4 Å². The van der Waals surface area contributed by atoms with Gasteiger partial charge in [0.15, 0.2) is 0 Å². The number of carboxylic acids is 1. The lowest BCUT2D eigenvalue weighted by Gasteiger charge is -2.10. The molecule has 0 amide bonds. The lowest BCUT2D eigenvalue weighted by atomic mass is 9.99. The largest absolute Gasteiger partial charge is 0.497 e. The Morgan fingerprint density at radius 2 is 1.52 bits per heavy atom. The molecule has 4 aromatic rings. The van der Waals surface area contributed by atoms with Crippen molar-refractivity contribution in [1.82, 2.24) is 4.98 Å². The number of carboxylic acid groups (broad SMARTS) is 1. The molecular weight excluding hydrogens is 409 g/mol. The molecule has 4 rings (SSSR count). The third-order valence-electron chi connectivity index (χ3n) is 4.68. The Balaban J connectivity index is 1.89. The fraction of sp³-hybridized carbons (Fsp3) is 0.0435. The van der Waals surface area contributed by atoms with Crippen molar-refractivity contribution < 1.29 is 14.6 Å². The number of methoxy groups -OCH3 is 1. The van der Waals surface area contributed by atoms with E-state index in [2.05, 4.69) is 0 Å². The van der Waals surface area contributed by atoms with Crippen LogP contribution in [0.25, 0.3) is 33.3 Å². The summed E-state index contributed by atoms with van der Waals surface area (Å²) in [7, 11) is 1.59. The Morgan fingerprint density at radius 3 is 2.17 bits per heavy atom. The van der Waals surface area contributed by atoms with Gasteiger partial charge >= 0.3 is 5.97 Å². The van der Waals surface area contributed by atoms with E-state index in [1.165, 1.54) is 0 Å². The number of aromatic nitrogens is 1. The van der Waals surface area contributed by atoms with Crippen LogP contribution in [0.2, 0.25) is 10.0 Å². The van der Waals surface area contributed by atoms with Crippen molar-refractivity contribution in [3.05, 3.63) is 82.3 Å². The molecule has 0 fully saturated rings. The first-order chi connectivity index (χ1) is 14.0. The summed E-state index contributed by atoms with van der Waals surface area (Å²) in [5.74, 6) is -0.288. The predicted molar refractivity (Wildman–Crippen MR) is 116 cm³/mol. The quantitative estimate of drug-likeness (QED) is 0.402. The number of pyridine rings is 1. The van der Waals surface area contributed by atoms with Crippen molar-refractivity contribution in [3.8, 4) is 28.1 Å². The molecule has 1 N–H and O–H groups in total. The molecule has 0 saturated carbocycles. The van der Waals surface area contributed by atoms with Crippen LogP contribution in [0.3, 0.4) is 0 Å². The van der Waals surface area contributed by atoms with Gasteiger partial charge in [-0.2, -0.15) is 0 Å². The van der Waals surface area contributed by atoms with Gasteiger partial charge < -0.3 is 9.84 Å². The SMILES string of the molecule is COc1ccc(-c2cc(C(=O)O)c3ccc(-c4ccc(Cl)c(Cl)c4)cc3n2)cc1. The fourth-order valence-corrected chi connectivity index (χ4v) is 3.47. The number of aromatic carboxylic acids is 1. The molecule has 29 heavy (non-hydrogen) atoms. The molecule has 0 saturated heterocycles.